The Morgan fingerprint density at radius 3 is 2.57 bits per heavy atom. The first-order valence-corrected chi connectivity index (χ1v) is 8.27. The number of amides is 2. The quantitative estimate of drug-likeness (QED) is 0.818. The van der Waals surface area contributed by atoms with Crippen molar-refractivity contribution in [3.05, 3.63) is 45.6 Å². The molecule has 0 atom stereocenters. The Morgan fingerprint density at radius 1 is 1.13 bits per heavy atom. The number of urea groups is 1. The van der Waals surface area contributed by atoms with Gasteiger partial charge in [0.15, 0.2) is 11.5 Å². The predicted molar refractivity (Wildman–Crippen MR) is 92.5 cm³/mol. The SMILES string of the molecule is COc1ccc(CCNC(=O)NCc2sccc2C)cc1OC. The third-order valence-electron chi connectivity index (χ3n) is 3.52. The number of hydrogen-bond acceptors (Lipinski definition) is 4. The minimum atomic E-state index is -0.154. The van der Waals surface area contributed by atoms with E-state index < -0.39 is 0 Å². The standard InChI is InChI=1S/C17H22N2O3S/c1-12-7-9-23-16(12)11-19-17(20)18-8-6-13-4-5-14(21-2)15(10-13)22-3/h4-5,7,9-10H,6,8,11H2,1-3H3,(H2,18,19,20). The van der Waals surface area contributed by atoms with Gasteiger partial charge in [0.25, 0.3) is 0 Å². The topological polar surface area (TPSA) is 59.6 Å². The van der Waals surface area contributed by atoms with Crippen LogP contribution in [0.2, 0.25) is 0 Å². The van der Waals surface area contributed by atoms with Crippen molar-refractivity contribution in [2.24, 2.45) is 0 Å². The molecule has 0 spiro atoms. The third kappa shape index (κ3) is 4.89. The fourth-order valence-electron chi connectivity index (χ4n) is 2.16. The van der Waals surface area contributed by atoms with Crippen LogP contribution in [0, 0.1) is 6.92 Å². The van der Waals surface area contributed by atoms with Crippen molar-refractivity contribution >= 4 is 17.4 Å². The zero-order chi connectivity index (χ0) is 16.7. The molecule has 0 saturated carbocycles. The van der Waals surface area contributed by atoms with Crippen molar-refractivity contribution in [1.82, 2.24) is 10.6 Å². The van der Waals surface area contributed by atoms with Gasteiger partial charge in [0, 0.05) is 11.4 Å². The van der Waals surface area contributed by atoms with Crippen LogP contribution in [0.15, 0.2) is 29.6 Å². The lowest BCUT2D eigenvalue weighted by Crippen LogP contribution is -2.36. The normalized spacial score (nSPS) is 10.2. The van der Waals surface area contributed by atoms with Gasteiger partial charge in [-0.15, -0.1) is 11.3 Å². The molecular formula is C17H22N2O3S. The number of hydrogen-bond donors (Lipinski definition) is 2. The fourth-order valence-corrected chi connectivity index (χ4v) is 3.01. The zero-order valence-electron chi connectivity index (χ0n) is 13.6. The van der Waals surface area contributed by atoms with Gasteiger partial charge in [-0.2, -0.15) is 0 Å². The van der Waals surface area contributed by atoms with E-state index in [2.05, 4.69) is 16.7 Å². The average Bonchev–Trinajstić information content (AvgIpc) is 2.97. The van der Waals surface area contributed by atoms with Crippen LogP contribution in [-0.2, 0) is 13.0 Å². The molecule has 2 N–H and O–H groups in total. The van der Waals surface area contributed by atoms with Crippen molar-refractivity contribution in [1.29, 1.82) is 0 Å². The molecule has 2 amide bonds. The summed E-state index contributed by atoms with van der Waals surface area (Å²) >= 11 is 1.65. The third-order valence-corrected chi connectivity index (χ3v) is 4.55. The molecule has 0 aliphatic heterocycles. The second-order valence-corrected chi connectivity index (χ2v) is 6.08. The molecule has 0 fully saturated rings. The Labute approximate surface area is 140 Å². The molecule has 0 unspecified atom stereocenters. The van der Waals surface area contributed by atoms with Crippen LogP contribution in [0.4, 0.5) is 4.79 Å². The summed E-state index contributed by atoms with van der Waals surface area (Å²) in [5, 5.41) is 7.76. The van der Waals surface area contributed by atoms with Gasteiger partial charge in [0.1, 0.15) is 0 Å². The molecule has 2 rings (SSSR count). The predicted octanol–water partition coefficient (Wildman–Crippen LogP) is 3.12. The minimum absolute atomic E-state index is 0.154. The summed E-state index contributed by atoms with van der Waals surface area (Å²) in [6.45, 7) is 3.17. The second-order valence-electron chi connectivity index (χ2n) is 5.08. The molecule has 1 aromatic carbocycles. The van der Waals surface area contributed by atoms with Crippen molar-refractivity contribution < 1.29 is 14.3 Å². The molecule has 1 heterocycles. The molecule has 0 bridgehead atoms. The summed E-state index contributed by atoms with van der Waals surface area (Å²) in [6.07, 6.45) is 0.728. The summed E-state index contributed by atoms with van der Waals surface area (Å²) in [4.78, 5) is 13.0. The molecule has 5 nitrogen and oxygen atoms in total. The summed E-state index contributed by atoms with van der Waals surface area (Å²) in [6, 6.07) is 7.66. The van der Waals surface area contributed by atoms with Gasteiger partial charge in [-0.1, -0.05) is 6.07 Å². The molecule has 0 aliphatic carbocycles. The van der Waals surface area contributed by atoms with Crippen molar-refractivity contribution in [3.63, 3.8) is 0 Å². The van der Waals surface area contributed by atoms with Crippen LogP contribution < -0.4 is 20.1 Å². The largest absolute Gasteiger partial charge is 0.493 e. The van der Waals surface area contributed by atoms with E-state index in [1.165, 1.54) is 10.4 Å². The van der Waals surface area contributed by atoms with Gasteiger partial charge in [0.05, 0.1) is 20.8 Å². The molecule has 0 saturated heterocycles. The molecule has 6 heteroatoms. The molecule has 0 aliphatic rings. The lowest BCUT2D eigenvalue weighted by Gasteiger charge is -2.10. The Kier molecular flexibility index (Phi) is 6.29. The van der Waals surface area contributed by atoms with Gasteiger partial charge < -0.3 is 20.1 Å². The number of rotatable bonds is 7. The lowest BCUT2D eigenvalue weighted by molar-refractivity contribution is 0.240. The van der Waals surface area contributed by atoms with E-state index in [1.54, 1.807) is 25.6 Å². The fraction of sp³-hybridized carbons (Fsp3) is 0.353. The van der Waals surface area contributed by atoms with Crippen LogP contribution in [0.5, 0.6) is 11.5 Å². The molecule has 23 heavy (non-hydrogen) atoms. The number of thiophene rings is 1. The van der Waals surface area contributed by atoms with Crippen LogP contribution >= 0.6 is 11.3 Å². The highest BCUT2D eigenvalue weighted by Crippen LogP contribution is 2.27. The summed E-state index contributed by atoms with van der Waals surface area (Å²) < 4.78 is 10.5. The van der Waals surface area contributed by atoms with E-state index in [0.717, 1.165) is 12.0 Å². The highest BCUT2D eigenvalue weighted by Gasteiger charge is 2.06. The average molecular weight is 334 g/mol. The highest BCUT2D eigenvalue weighted by atomic mass is 32.1. The van der Waals surface area contributed by atoms with Crippen molar-refractivity contribution in [2.75, 3.05) is 20.8 Å². The summed E-state index contributed by atoms with van der Waals surface area (Å²) in [5.74, 6) is 1.40. The Bertz CT molecular complexity index is 655. The number of nitrogens with one attached hydrogen (secondary N) is 2. The maximum Gasteiger partial charge on any atom is 0.315 e. The smallest absolute Gasteiger partial charge is 0.315 e. The Balaban J connectivity index is 1.76. The van der Waals surface area contributed by atoms with Gasteiger partial charge in [-0.25, -0.2) is 4.79 Å². The molecule has 0 radical (unpaired) electrons. The Hall–Kier alpha value is -2.21. The number of aryl methyl sites for hydroxylation is 1. The number of methoxy groups -OCH3 is 2. The van der Waals surface area contributed by atoms with Crippen LogP contribution in [0.1, 0.15) is 16.0 Å². The molecule has 124 valence electrons. The Morgan fingerprint density at radius 2 is 1.91 bits per heavy atom. The van der Waals surface area contributed by atoms with Gasteiger partial charge >= 0.3 is 6.03 Å². The highest BCUT2D eigenvalue weighted by molar-refractivity contribution is 7.10. The minimum Gasteiger partial charge on any atom is -0.493 e. The van der Waals surface area contributed by atoms with E-state index in [4.69, 9.17) is 9.47 Å². The second kappa shape index (κ2) is 8.43. The monoisotopic (exact) mass is 334 g/mol. The number of ether oxygens (including phenoxy) is 2. The maximum absolute atomic E-state index is 11.8. The van der Waals surface area contributed by atoms with Gasteiger partial charge in [-0.05, 0) is 48.1 Å². The first kappa shape index (κ1) is 17.1. The van der Waals surface area contributed by atoms with Crippen LogP contribution in [0.3, 0.4) is 0 Å². The van der Waals surface area contributed by atoms with Gasteiger partial charge in [-0.3, -0.25) is 0 Å². The lowest BCUT2D eigenvalue weighted by atomic mass is 10.1. The number of carbonyl (C=O) groups excluding carboxylic acids is 1. The number of carbonyl (C=O) groups is 1. The molecule has 1 aromatic heterocycles. The summed E-state index contributed by atoms with van der Waals surface area (Å²) in [7, 11) is 3.22. The van der Waals surface area contributed by atoms with E-state index in [-0.39, 0.29) is 6.03 Å². The van der Waals surface area contributed by atoms with Crippen LogP contribution in [-0.4, -0.2) is 26.8 Å². The van der Waals surface area contributed by atoms with E-state index in [1.807, 2.05) is 30.5 Å². The number of benzene rings is 1. The first-order valence-electron chi connectivity index (χ1n) is 7.39. The van der Waals surface area contributed by atoms with Gasteiger partial charge in [0.2, 0.25) is 0 Å². The molecular weight excluding hydrogens is 312 g/mol. The van der Waals surface area contributed by atoms with Crippen molar-refractivity contribution in [2.45, 2.75) is 19.9 Å². The van der Waals surface area contributed by atoms with E-state index in [0.29, 0.717) is 24.6 Å². The van der Waals surface area contributed by atoms with Crippen LogP contribution in [0.25, 0.3) is 0 Å². The summed E-state index contributed by atoms with van der Waals surface area (Å²) in [5.41, 5.74) is 2.29. The first-order chi connectivity index (χ1) is 11.1. The zero-order valence-corrected chi connectivity index (χ0v) is 14.5. The van der Waals surface area contributed by atoms with E-state index in [9.17, 15) is 4.79 Å². The van der Waals surface area contributed by atoms with E-state index >= 15 is 0 Å². The molecule has 2 aromatic rings. The maximum atomic E-state index is 11.8. The van der Waals surface area contributed by atoms with Crippen molar-refractivity contribution in [3.8, 4) is 11.5 Å².